The summed E-state index contributed by atoms with van der Waals surface area (Å²) in [5.74, 6) is 1.28. The lowest BCUT2D eigenvalue weighted by Gasteiger charge is -2.33. The SMILES string of the molecule is C[C@@H]1CCCN(c2ccc([C@H](C)NC(=O)CSc3ccccc3)cc2)C1. The Balaban J connectivity index is 1.51. The second-order valence-electron chi connectivity index (χ2n) is 7.18. The number of nitrogens with zero attached hydrogens (tertiary/aromatic N) is 1. The molecule has 0 unspecified atom stereocenters. The van der Waals surface area contributed by atoms with Crippen LogP contribution in [0.25, 0.3) is 0 Å². The van der Waals surface area contributed by atoms with Gasteiger partial charge in [-0.3, -0.25) is 4.79 Å². The Bertz CT molecular complexity index is 702. The van der Waals surface area contributed by atoms with E-state index in [9.17, 15) is 4.79 Å². The van der Waals surface area contributed by atoms with Crippen molar-refractivity contribution in [3.8, 4) is 0 Å². The number of hydrogen-bond acceptors (Lipinski definition) is 3. The molecule has 0 bridgehead atoms. The molecule has 0 spiro atoms. The molecular weight excluding hydrogens is 340 g/mol. The molecule has 3 nitrogen and oxygen atoms in total. The lowest BCUT2D eigenvalue weighted by atomic mass is 9.99. The average Bonchev–Trinajstić information content (AvgIpc) is 2.67. The zero-order chi connectivity index (χ0) is 18.4. The Morgan fingerprint density at radius 2 is 1.92 bits per heavy atom. The van der Waals surface area contributed by atoms with Crippen LogP contribution in [0.5, 0.6) is 0 Å². The number of carbonyl (C=O) groups excluding carboxylic acids is 1. The van der Waals surface area contributed by atoms with Crippen LogP contribution in [0, 0.1) is 5.92 Å². The Morgan fingerprint density at radius 1 is 1.19 bits per heavy atom. The summed E-state index contributed by atoms with van der Waals surface area (Å²) in [6, 6.07) is 18.7. The van der Waals surface area contributed by atoms with Crippen molar-refractivity contribution in [2.45, 2.75) is 37.6 Å². The molecule has 1 aliphatic heterocycles. The molecule has 0 saturated carbocycles. The summed E-state index contributed by atoms with van der Waals surface area (Å²) in [5.41, 5.74) is 2.44. The molecule has 0 radical (unpaired) electrons. The van der Waals surface area contributed by atoms with Gasteiger partial charge in [-0.2, -0.15) is 0 Å². The number of amides is 1. The van der Waals surface area contributed by atoms with E-state index in [-0.39, 0.29) is 11.9 Å². The van der Waals surface area contributed by atoms with Crippen molar-refractivity contribution in [2.24, 2.45) is 5.92 Å². The van der Waals surface area contributed by atoms with E-state index < -0.39 is 0 Å². The number of anilines is 1. The molecule has 2 atom stereocenters. The van der Waals surface area contributed by atoms with Crippen LogP contribution >= 0.6 is 11.8 Å². The van der Waals surface area contributed by atoms with Gasteiger partial charge in [0, 0.05) is 23.7 Å². The number of carbonyl (C=O) groups is 1. The van der Waals surface area contributed by atoms with Crippen LogP contribution in [-0.4, -0.2) is 24.7 Å². The molecule has 138 valence electrons. The fourth-order valence-corrected chi connectivity index (χ4v) is 4.16. The standard InChI is InChI=1S/C22H28N2OS/c1-17-7-6-14-24(15-17)20-12-10-19(11-13-20)18(2)23-22(25)16-26-21-8-4-3-5-9-21/h3-5,8-13,17-18H,6-7,14-16H2,1-2H3,(H,23,25)/t17-,18+/m1/s1. The summed E-state index contributed by atoms with van der Waals surface area (Å²) in [5, 5.41) is 3.10. The van der Waals surface area contributed by atoms with Crippen molar-refractivity contribution in [1.82, 2.24) is 5.32 Å². The van der Waals surface area contributed by atoms with E-state index in [1.165, 1.54) is 18.5 Å². The highest BCUT2D eigenvalue weighted by molar-refractivity contribution is 8.00. The molecule has 1 fully saturated rings. The Morgan fingerprint density at radius 3 is 2.62 bits per heavy atom. The first-order valence-electron chi connectivity index (χ1n) is 9.44. The Labute approximate surface area is 161 Å². The number of hydrogen-bond donors (Lipinski definition) is 1. The van der Waals surface area contributed by atoms with E-state index in [1.54, 1.807) is 11.8 Å². The van der Waals surface area contributed by atoms with Crippen molar-refractivity contribution < 1.29 is 4.79 Å². The van der Waals surface area contributed by atoms with Gasteiger partial charge in [-0.15, -0.1) is 11.8 Å². The molecule has 1 heterocycles. The molecule has 4 heteroatoms. The van der Waals surface area contributed by atoms with E-state index >= 15 is 0 Å². The molecule has 2 aromatic rings. The lowest BCUT2D eigenvalue weighted by molar-refractivity contribution is -0.119. The fraction of sp³-hybridized carbons (Fsp3) is 0.409. The molecule has 0 aliphatic carbocycles. The maximum atomic E-state index is 12.2. The van der Waals surface area contributed by atoms with Crippen LogP contribution in [0.3, 0.4) is 0 Å². The van der Waals surface area contributed by atoms with E-state index in [2.05, 4.69) is 41.4 Å². The number of rotatable bonds is 6. The highest BCUT2D eigenvalue weighted by Crippen LogP contribution is 2.25. The van der Waals surface area contributed by atoms with Crippen molar-refractivity contribution in [3.63, 3.8) is 0 Å². The van der Waals surface area contributed by atoms with Crippen molar-refractivity contribution in [2.75, 3.05) is 23.7 Å². The van der Waals surface area contributed by atoms with Crippen LogP contribution in [0.4, 0.5) is 5.69 Å². The molecule has 1 amide bonds. The monoisotopic (exact) mass is 368 g/mol. The minimum Gasteiger partial charge on any atom is -0.371 e. The molecule has 0 aromatic heterocycles. The van der Waals surface area contributed by atoms with Gasteiger partial charge in [0.2, 0.25) is 5.91 Å². The third-order valence-corrected chi connectivity index (χ3v) is 5.92. The van der Waals surface area contributed by atoms with Gasteiger partial charge in [0.15, 0.2) is 0 Å². The van der Waals surface area contributed by atoms with Gasteiger partial charge < -0.3 is 10.2 Å². The second-order valence-corrected chi connectivity index (χ2v) is 8.22. The third-order valence-electron chi connectivity index (χ3n) is 4.91. The largest absolute Gasteiger partial charge is 0.371 e. The smallest absolute Gasteiger partial charge is 0.230 e. The van der Waals surface area contributed by atoms with Gasteiger partial charge in [0.25, 0.3) is 0 Å². The summed E-state index contributed by atoms with van der Waals surface area (Å²) in [6.45, 7) is 6.66. The Hall–Kier alpha value is -1.94. The van der Waals surface area contributed by atoms with Crippen molar-refractivity contribution >= 4 is 23.4 Å². The quantitative estimate of drug-likeness (QED) is 0.737. The zero-order valence-corrected chi connectivity index (χ0v) is 16.5. The lowest BCUT2D eigenvalue weighted by Crippen LogP contribution is -2.34. The molecule has 3 rings (SSSR count). The van der Waals surface area contributed by atoms with Gasteiger partial charge >= 0.3 is 0 Å². The predicted octanol–water partition coefficient (Wildman–Crippen LogP) is 4.89. The third kappa shape index (κ3) is 5.28. The molecular formula is C22H28N2OS. The summed E-state index contributed by atoms with van der Waals surface area (Å²) in [6.07, 6.45) is 2.60. The van der Waals surface area contributed by atoms with Crippen LogP contribution in [0.1, 0.15) is 38.3 Å². The van der Waals surface area contributed by atoms with E-state index in [0.717, 1.165) is 29.5 Å². The minimum absolute atomic E-state index is 0.0215. The van der Waals surface area contributed by atoms with E-state index in [0.29, 0.717) is 5.75 Å². The van der Waals surface area contributed by atoms with Crippen LogP contribution in [0.2, 0.25) is 0 Å². The van der Waals surface area contributed by atoms with Crippen LogP contribution < -0.4 is 10.2 Å². The first-order chi connectivity index (χ1) is 12.6. The second kappa shape index (κ2) is 9.13. The van der Waals surface area contributed by atoms with Crippen molar-refractivity contribution in [1.29, 1.82) is 0 Å². The Kier molecular flexibility index (Phi) is 6.62. The maximum absolute atomic E-state index is 12.2. The molecule has 2 aromatic carbocycles. The highest BCUT2D eigenvalue weighted by atomic mass is 32.2. The van der Waals surface area contributed by atoms with Gasteiger partial charge in [-0.25, -0.2) is 0 Å². The average molecular weight is 369 g/mol. The maximum Gasteiger partial charge on any atom is 0.230 e. The van der Waals surface area contributed by atoms with Gasteiger partial charge in [-0.1, -0.05) is 37.3 Å². The first-order valence-corrected chi connectivity index (χ1v) is 10.4. The van der Waals surface area contributed by atoms with Gasteiger partial charge in [0.05, 0.1) is 11.8 Å². The molecule has 1 N–H and O–H groups in total. The van der Waals surface area contributed by atoms with Crippen LogP contribution in [-0.2, 0) is 4.79 Å². The van der Waals surface area contributed by atoms with Crippen molar-refractivity contribution in [3.05, 3.63) is 60.2 Å². The summed E-state index contributed by atoms with van der Waals surface area (Å²) >= 11 is 1.57. The number of piperidine rings is 1. The highest BCUT2D eigenvalue weighted by Gasteiger charge is 2.17. The van der Waals surface area contributed by atoms with Crippen LogP contribution in [0.15, 0.2) is 59.5 Å². The zero-order valence-electron chi connectivity index (χ0n) is 15.7. The van der Waals surface area contributed by atoms with E-state index in [1.807, 2.05) is 37.3 Å². The minimum atomic E-state index is 0.0215. The molecule has 1 aliphatic rings. The number of thioether (sulfide) groups is 1. The molecule has 1 saturated heterocycles. The summed E-state index contributed by atoms with van der Waals surface area (Å²) in [4.78, 5) is 15.8. The van der Waals surface area contributed by atoms with Gasteiger partial charge in [-0.05, 0) is 55.5 Å². The topological polar surface area (TPSA) is 32.3 Å². The number of nitrogens with one attached hydrogen (secondary N) is 1. The molecule has 26 heavy (non-hydrogen) atoms. The fourth-order valence-electron chi connectivity index (χ4n) is 3.43. The summed E-state index contributed by atoms with van der Waals surface area (Å²) in [7, 11) is 0. The predicted molar refractivity (Wildman–Crippen MR) is 111 cm³/mol. The normalized spacial score (nSPS) is 18.4. The first kappa shape index (κ1) is 18.8. The summed E-state index contributed by atoms with van der Waals surface area (Å²) < 4.78 is 0. The van der Waals surface area contributed by atoms with E-state index in [4.69, 9.17) is 0 Å². The number of benzene rings is 2. The van der Waals surface area contributed by atoms with Gasteiger partial charge in [0.1, 0.15) is 0 Å².